The van der Waals surface area contributed by atoms with Crippen molar-refractivity contribution in [3.05, 3.63) is 48.3 Å². The highest BCUT2D eigenvalue weighted by Gasteiger charge is 2.38. The first-order chi connectivity index (χ1) is 11.9. The van der Waals surface area contributed by atoms with Crippen LogP contribution >= 0.6 is 0 Å². The summed E-state index contributed by atoms with van der Waals surface area (Å²) >= 11 is 0. The van der Waals surface area contributed by atoms with Gasteiger partial charge in [0, 0.05) is 18.4 Å². The summed E-state index contributed by atoms with van der Waals surface area (Å²) in [7, 11) is -3.54. The number of rotatable bonds is 6. The summed E-state index contributed by atoms with van der Waals surface area (Å²) in [5, 5.41) is 13.6. The zero-order valence-corrected chi connectivity index (χ0v) is 15.0. The van der Waals surface area contributed by atoms with Gasteiger partial charge in [-0.3, -0.25) is 0 Å². The van der Waals surface area contributed by atoms with E-state index in [2.05, 4.69) is 15.9 Å². The fourth-order valence-electron chi connectivity index (χ4n) is 3.44. The molecule has 6 nitrogen and oxygen atoms in total. The van der Waals surface area contributed by atoms with Gasteiger partial charge in [-0.05, 0) is 43.5 Å². The first-order valence-electron chi connectivity index (χ1n) is 8.44. The second-order valence-electron chi connectivity index (χ2n) is 6.74. The lowest BCUT2D eigenvalue weighted by Crippen LogP contribution is -2.36. The van der Waals surface area contributed by atoms with Crippen molar-refractivity contribution in [2.24, 2.45) is 5.41 Å². The summed E-state index contributed by atoms with van der Waals surface area (Å²) in [5.74, 6) is -0.125. The Kier molecular flexibility index (Phi) is 4.93. The predicted molar refractivity (Wildman–Crippen MR) is 95.4 cm³/mol. The van der Waals surface area contributed by atoms with E-state index in [0.29, 0.717) is 12.8 Å². The predicted octanol–water partition coefficient (Wildman–Crippen LogP) is 2.94. The normalized spacial score (nSPS) is 17.9. The number of aromatic nitrogens is 2. The fraction of sp³-hybridized carbons (Fsp3) is 0.444. The maximum atomic E-state index is 12.6. The number of nitriles is 1. The van der Waals surface area contributed by atoms with Gasteiger partial charge in [0.2, 0.25) is 10.0 Å². The second kappa shape index (κ2) is 6.98. The van der Waals surface area contributed by atoms with Crippen molar-refractivity contribution in [1.82, 2.24) is 14.5 Å². The van der Waals surface area contributed by atoms with Crippen LogP contribution in [0.2, 0.25) is 0 Å². The number of sulfonamides is 1. The van der Waals surface area contributed by atoms with Crippen LogP contribution in [0.25, 0.3) is 5.69 Å². The third-order valence-corrected chi connectivity index (χ3v) is 6.40. The van der Waals surface area contributed by atoms with E-state index in [-0.39, 0.29) is 11.8 Å². The monoisotopic (exact) mass is 358 g/mol. The zero-order valence-electron chi connectivity index (χ0n) is 14.2. The Morgan fingerprint density at radius 2 is 2.12 bits per heavy atom. The van der Waals surface area contributed by atoms with Crippen LogP contribution in [0.1, 0.15) is 44.2 Å². The van der Waals surface area contributed by atoms with E-state index in [1.807, 2.05) is 43.5 Å². The van der Waals surface area contributed by atoms with Gasteiger partial charge < -0.3 is 0 Å². The molecule has 0 unspecified atom stereocenters. The fourth-order valence-corrected chi connectivity index (χ4v) is 5.28. The highest BCUT2D eigenvalue weighted by atomic mass is 32.2. The van der Waals surface area contributed by atoms with Crippen LogP contribution < -0.4 is 4.72 Å². The van der Waals surface area contributed by atoms with Crippen molar-refractivity contribution in [2.45, 2.75) is 38.6 Å². The average molecular weight is 358 g/mol. The summed E-state index contributed by atoms with van der Waals surface area (Å²) in [6, 6.07) is 11.3. The zero-order chi connectivity index (χ0) is 17.9. The Balaban J connectivity index is 1.74. The number of nitrogens with one attached hydrogen (secondary N) is 1. The SMILES string of the molecule is C[C@H](NS(=O)(=O)CC1(C#N)CCCC1)c1cccc(-n2cccn2)c1. The van der Waals surface area contributed by atoms with E-state index in [4.69, 9.17) is 0 Å². The largest absolute Gasteiger partial charge is 0.241 e. The van der Waals surface area contributed by atoms with E-state index >= 15 is 0 Å². The molecule has 1 aromatic carbocycles. The standard InChI is InChI=1S/C18H22N4O2S/c1-15(16-6-4-7-17(12-16)22-11-5-10-20-22)21-25(23,24)14-18(13-19)8-2-3-9-18/h4-7,10-12,15,21H,2-3,8-9,14H2,1H3/t15-/m0/s1. The third kappa shape index (κ3) is 4.09. The van der Waals surface area contributed by atoms with Crippen LogP contribution in [-0.4, -0.2) is 24.0 Å². The van der Waals surface area contributed by atoms with Gasteiger partial charge in [0.25, 0.3) is 0 Å². The molecule has 1 aliphatic carbocycles. The Labute approximate surface area is 148 Å². The molecule has 132 valence electrons. The smallest absolute Gasteiger partial charge is 0.213 e. The minimum absolute atomic E-state index is 0.125. The summed E-state index contributed by atoms with van der Waals surface area (Å²) in [4.78, 5) is 0. The molecule has 3 rings (SSSR count). The molecule has 0 bridgehead atoms. The molecule has 2 aromatic rings. The van der Waals surface area contributed by atoms with Crippen LogP contribution in [0.5, 0.6) is 0 Å². The molecule has 1 atom stereocenters. The number of hydrogen-bond acceptors (Lipinski definition) is 4. The molecule has 1 heterocycles. The van der Waals surface area contributed by atoms with Crippen molar-refractivity contribution >= 4 is 10.0 Å². The number of benzene rings is 1. The van der Waals surface area contributed by atoms with Crippen molar-refractivity contribution in [3.8, 4) is 11.8 Å². The molecule has 0 spiro atoms. The second-order valence-corrected chi connectivity index (χ2v) is 8.50. The lowest BCUT2D eigenvalue weighted by molar-refractivity contribution is 0.449. The lowest BCUT2D eigenvalue weighted by Gasteiger charge is -2.22. The van der Waals surface area contributed by atoms with Gasteiger partial charge in [-0.2, -0.15) is 10.4 Å². The molecular weight excluding hydrogens is 336 g/mol. The quantitative estimate of drug-likeness (QED) is 0.860. The van der Waals surface area contributed by atoms with Crippen molar-refractivity contribution in [2.75, 3.05) is 5.75 Å². The number of nitrogens with zero attached hydrogens (tertiary/aromatic N) is 3. The maximum Gasteiger partial charge on any atom is 0.213 e. The Morgan fingerprint density at radius 3 is 2.76 bits per heavy atom. The van der Waals surface area contributed by atoms with Crippen molar-refractivity contribution in [3.63, 3.8) is 0 Å². The topological polar surface area (TPSA) is 87.8 Å². The molecule has 25 heavy (non-hydrogen) atoms. The molecule has 1 aromatic heterocycles. The molecular formula is C18H22N4O2S. The Bertz CT molecular complexity index is 863. The van der Waals surface area contributed by atoms with E-state index in [0.717, 1.165) is 24.1 Å². The van der Waals surface area contributed by atoms with Crippen LogP contribution in [0.4, 0.5) is 0 Å². The van der Waals surface area contributed by atoms with Crippen molar-refractivity contribution in [1.29, 1.82) is 5.26 Å². The van der Waals surface area contributed by atoms with E-state index in [1.165, 1.54) is 0 Å². The molecule has 0 saturated heterocycles. The summed E-state index contributed by atoms with van der Waals surface area (Å²) < 4.78 is 29.6. The Morgan fingerprint density at radius 1 is 1.36 bits per heavy atom. The van der Waals surface area contributed by atoms with Crippen LogP contribution in [0, 0.1) is 16.7 Å². The van der Waals surface area contributed by atoms with Crippen molar-refractivity contribution < 1.29 is 8.42 Å². The molecule has 1 aliphatic rings. The minimum Gasteiger partial charge on any atom is -0.241 e. The molecule has 7 heteroatoms. The van der Waals surface area contributed by atoms with E-state index < -0.39 is 15.4 Å². The maximum absolute atomic E-state index is 12.6. The summed E-state index contributed by atoms with van der Waals surface area (Å²) in [6.45, 7) is 1.81. The third-order valence-electron chi connectivity index (χ3n) is 4.76. The number of hydrogen-bond donors (Lipinski definition) is 1. The van der Waals surface area contributed by atoms with Gasteiger partial charge in [-0.15, -0.1) is 0 Å². The van der Waals surface area contributed by atoms with Gasteiger partial charge in [0.05, 0.1) is 22.9 Å². The molecule has 1 saturated carbocycles. The van der Waals surface area contributed by atoms with E-state index in [9.17, 15) is 13.7 Å². The van der Waals surface area contributed by atoms with Gasteiger partial charge in [0.1, 0.15) is 0 Å². The minimum atomic E-state index is -3.54. The highest BCUT2D eigenvalue weighted by molar-refractivity contribution is 7.89. The molecule has 1 N–H and O–H groups in total. The summed E-state index contributed by atoms with van der Waals surface area (Å²) in [6.07, 6.45) is 6.70. The average Bonchev–Trinajstić information content (AvgIpc) is 3.26. The van der Waals surface area contributed by atoms with Gasteiger partial charge in [0.15, 0.2) is 0 Å². The van der Waals surface area contributed by atoms with Gasteiger partial charge in [-0.1, -0.05) is 25.0 Å². The molecule has 0 aliphatic heterocycles. The van der Waals surface area contributed by atoms with E-state index in [1.54, 1.807) is 10.9 Å². The van der Waals surface area contributed by atoms with Gasteiger partial charge >= 0.3 is 0 Å². The molecule has 1 fully saturated rings. The first kappa shape index (κ1) is 17.6. The first-order valence-corrected chi connectivity index (χ1v) is 10.1. The molecule has 0 radical (unpaired) electrons. The Hall–Kier alpha value is -2.17. The van der Waals surface area contributed by atoms with Gasteiger partial charge in [-0.25, -0.2) is 17.8 Å². The summed E-state index contributed by atoms with van der Waals surface area (Å²) in [5.41, 5.74) is 0.995. The van der Waals surface area contributed by atoms with Crippen LogP contribution in [-0.2, 0) is 10.0 Å². The van der Waals surface area contributed by atoms with Crippen LogP contribution in [0.3, 0.4) is 0 Å². The molecule has 0 amide bonds. The van der Waals surface area contributed by atoms with Crippen LogP contribution in [0.15, 0.2) is 42.7 Å². The highest BCUT2D eigenvalue weighted by Crippen LogP contribution is 2.38. The lowest BCUT2D eigenvalue weighted by atomic mass is 9.91.